The number of amides is 1. The standard InChI is InChI=1S/C24H23ClN2O3/c1-2-14-29-22-12-10-19(11-13-22)24(28)27-26-16-20-7-3-4-9-23(20)30-17-18-6-5-8-21(25)15-18/h3-13,15-16H,2,14,17H2,1H3,(H,27,28)/b26-16-. The molecule has 3 rings (SSSR count). The molecule has 0 aromatic heterocycles. The number of benzene rings is 3. The quantitative estimate of drug-likeness (QED) is 0.367. The van der Waals surface area contributed by atoms with Gasteiger partial charge in [-0.2, -0.15) is 5.10 Å². The molecule has 0 saturated carbocycles. The maximum absolute atomic E-state index is 12.3. The molecule has 0 radical (unpaired) electrons. The largest absolute Gasteiger partial charge is 0.494 e. The van der Waals surface area contributed by atoms with Crippen molar-refractivity contribution in [3.8, 4) is 11.5 Å². The Kier molecular flexibility index (Phi) is 7.86. The van der Waals surface area contributed by atoms with Gasteiger partial charge in [0.1, 0.15) is 18.1 Å². The van der Waals surface area contributed by atoms with Crippen LogP contribution in [0.1, 0.15) is 34.8 Å². The van der Waals surface area contributed by atoms with Gasteiger partial charge in [0.05, 0.1) is 12.8 Å². The smallest absolute Gasteiger partial charge is 0.271 e. The van der Waals surface area contributed by atoms with E-state index in [2.05, 4.69) is 10.5 Å². The summed E-state index contributed by atoms with van der Waals surface area (Å²) in [5, 5.41) is 4.73. The third-order valence-electron chi connectivity index (χ3n) is 4.16. The van der Waals surface area contributed by atoms with Gasteiger partial charge in [-0.15, -0.1) is 0 Å². The van der Waals surface area contributed by atoms with Crippen LogP contribution in [0, 0.1) is 0 Å². The molecule has 6 heteroatoms. The SMILES string of the molecule is CCCOc1ccc(C(=O)N/N=C\c2ccccc2OCc2cccc(Cl)c2)cc1. The second-order valence-corrected chi connectivity index (χ2v) is 6.96. The highest BCUT2D eigenvalue weighted by Crippen LogP contribution is 2.19. The predicted octanol–water partition coefficient (Wildman–Crippen LogP) is 5.47. The summed E-state index contributed by atoms with van der Waals surface area (Å²) < 4.78 is 11.4. The van der Waals surface area contributed by atoms with E-state index in [-0.39, 0.29) is 5.91 Å². The van der Waals surface area contributed by atoms with Gasteiger partial charge in [-0.25, -0.2) is 5.43 Å². The van der Waals surface area contributed by atoms with E-state index in [0.29, 0.717) is 29.5 Å². The maximum atomic E-state index is 12.3. The molecule has 154 valence electrons. The zero-order valence-electron chi connectivity index (χ0n) is 16.7. The second kappa shape index (κ2) is 11.0. The summed E-state index contributed by atoms with van der Waals surface area (Å²) in [6.45, 7) is 3.07. The molecule has 0 unspecified atom stereocenters. The van der Waals surface area contributed by atoms with Gasteiger partial charge < -0.3 is 9.47 Å². The molecular formula is C24H23ClN2O3. The third kappa shape index (κ3) is 6.36. The Morgan fingerprint density at radius 2 is 1.83 bits per heavy atom. The number of hydrazone groups is 1. The molecule has 1 amide bonds. The summed E-state index contributed by atoms with van der Waals surface area (Å²) in [5.41, 5.74) is 4.76. The molecule has 30 heavy (non-hydrogen) atoms. The van der Waals surface area contributed by atoms with E-state index in [1.807, 2.05) is 55.5 Å². The first-order chi connectivity index (χ1) is 14.7. The van der Waals surface area contributed by atoms with Gasteiger partial charge >= 0.3 is 0 Å². The third-order valence-corrected chi connectivity index (χ3v) is 4.40. The Morgan fingerprint density at radius 3 is 2.60 bits per heavy atom. The summed E-state index contributed by atoms with van der Waals surface area (Å²) in [6, 6.07) is 21.9. The lowest BCUT2D eigenvalue weighted by molar-refractivity contribution is 0.0955. The van der Waals surface area contributed by atoms with Crippen LogP contribution in [0.2, 0.25) is 5.02 Å². The Hall–Kier alpha value is -3.31. The summed E-state index contributed by atoms with van der Waals surface area (Å²) in [7, 11) is 0. The first kappa shape index (κ1) is 21.4. The summed E-state index contributed by atoms with van der Waals surface area (Å²) in [5.74, 6) is 1.10. The predicted molar refractivity (Wildman–Crippen MR) is 120 cm³/mol. The summed E-state index contributed by atoms with van der Waals surface area (Å²) in [6.07, 6.45) is 2.49. The minimum atomic E-state index is -0.300. The molecule has 0 heterocycles. The molecule has 1 N–H and O–H groups in total. The van der Waals surface area contributed by atoms with E-state index < -0.39 is 0 Å². The van der Waals surface area contributed by atoms with Crippen LogP contribution in [0.5, 0.6) is 11.5 Å². The van der Waals surface area contributed by atoms with Crippen molar-refractivity contribution in [2.24, 2.45) is 5.10 Å². The number of hydrogen-bond donors (Lipinski definition) is 1. The van der Waals surface area contributed by atoms with E-state index >= 15 is 0 Å². The van der Waals surface area contributed by atoms with Gasteiger partial charge in [0.25, 0.3) is 5.91 Å². The summed E-state index contributed by atoms with van der Waals surface area (Å²) >= 11 is 6.01. The molecule has 5 nitrogen and oxygen atoms in total. The number of hydrogen-bond acceptors (Lipinski definition) is 4. The van der Waals surface area contributed by atoms with Crippen LogP contribution < -0.4 is 14.9 Å². The van der Waals surface area contributed by atoms with Gasteiger partial charge in [0.15, 0.2) is 0 Å². The van der Waals surface area contributed by atoms with Crippen LogP contribution in [-0.4, -0.2) is 18.7 Å². The number of ether oxygens (including phenoxy) is 2. The number of carbonyl (C=O) groups excluding carboxylic acids is 1. The number of nitrogens with one attached hydrogen (secondary N) is 1. The van der Waals surface area contributed by atoms with Crippen molar-refractivity contribution in [3.63, 3.8) is 0 Å². The maximum Gasteiger partial charge on any atom is 0.271 e. The number of para-hydroxylation sites is 1. The van der Waals surface area contributed by atoms with Crippen LogP contribution in [0.4, 0.5) is 0 Å². The number of carbonyl (C=O) groups is 1. The van der Waals surface area contributed by atoms with Gasteiger partial charge in [0, 0.05) is 16.1 Å². The van der Waals surface area contributed by atoms with E-state index in [1.165, 1.54) is 0 Å². The molecule has 0 aliphatic rings. The van der Waals surface area contributed by atoms with Crippen molar-refractivity contribution < 1.29 is 14.3 Å². The Balaban J connectivity index is 1.58. The van der Waals surface area contributed by atoms with Gasteiger partial charge in [-0.3, -0.25) is 4.79 Å². The Labute approximate surface area is 181 Å². The first-order valence-corrected chi connectivity index (χ1v) is 10.1. The van der Waals surface area contributed by atoms with Crippen molar-refractivity contribution in [3.05, 3.63) is 94.5 Å². The van der Waals surface area contributed by atoms with Crippen LogP contribution >= 0.6 is 11.6 Å². The number of nitrogens with zero attached hydrogens (tertiary/aromatic N) is 1. The molecule has 0 bridgehead atoms. The van der Waals surface area contributed by atoms with E-state index in [0.717, 1.165) is 23.3 Å². The average Bonchev–Trinajstić information content (AvgIpc) is 2.77. The fraction of sp³-hybridized carbons (Fsp3) is 0.167. The van der Waals surface area contributed by atoms with Crippen molar-refractivity contribution in [1.29, 1.82) is 0 Å². The van der Waals surface area contributed by atoms with Crippen molar-refractivity contribution in [1.82, 2.24) is 5.43 Å². The topological polar surface area (TPSA) is 59.9 Å². The van der Waals surface area contributed by atoms with Crippen molar-refractivity contribution in [2.75, 3.05) is 6.61 Å². The minimum Gasteiger partial charge on any atom is -0.494 e. The zero-order chi connectivity index (χ0) is 21.2. The summed E-state index contributed by atoms with van der Waals surface area (Å²) in [4.78, 5) is 12.3. The molecule has 0 aliphatic heterocycles. The van der Waals surface area contributed by atoms with Crippen molar-refractivity contribution in [2.45, 2.75) is 20.0 Å². The Morgan fingerprint density at radius 1 is 1.03 bits per heavy atom. The monoisotopic (exact) mass is 422 g/mol. The highest BCUT2D eigenvalue weighted by molar-refractivity contribution is 6.30. The fourth-order valence-corrected chi connectivity index (χ4v) is 2.87. The second-order valence-electron chi connectivity index (χ2n) is 6.53. The highest BCUT2D eigenvalue weighted by atomic mass is 35.5. The van der Waals surface area contributed by atoms with E-state index in [9.17, 15) is 4.79 Å². The van der Waals surface area contributed by atoms with Crippen molar-refractivity contribution >= 4 is 23.7 Å². The molecule has 0 spiro atoms. The normalized spacial score (nSPS) is 10.7. The van der Waals surface area contributed by atoms with E-state index in [1.54, 1.807) is 30.5 Å². The molecular weight excluding hydrogens is 400 g/mol. The van der Waals surface area contributed by atoms with Gasteiger partial charge in [0.2, 0.25) is 0 Å². The van der Waals surface area contributed by atoms with Crippen LogP contribution in [0.15, 0.2) is 77.9 Å². The van der Waals surface area contributed by atoms with Gasteiger partial charge in [-0.1, -0.05) is 42.8 Å². The average molecular weight is 423 g/mol. The fourth-order valence-electron chi connectivity index (χ4n) is 2.65. The molecule has 3 aromatic rings. The van der Waals surface area contributed by atoms with Crippen LogP contribution in [0.3, 0.4) is 0 Å². The molecule has 3 aromatic carbocycles. The molecule has 0 fully saturated rings. The highest BCUT2D eigenvalue weighted by Gasteiger charge is 2.05. The number of halogens is 1. The molecule has 0 saturated heterocycles. The lowest BCUT2D eigenvalue weighted by Crippen LogP contribution is -2.17. The molecule has 0 aliphatic carbocycles. The minimum absolute atomic E-state index is 0.300. The van der Waals surface area contributed by atoms with Crippen LogP contribution in [-0.2, 0) is 6.61 Å². The van der Waals surface area contributed by atoms with Gasteiger partial charge in [-0.05, 0) is 60.5 Å². The van der Waals surface area contributed by atoms with E-state index in [4.69, 9.17) is 21.1 Å². The van der Waals surface area contributed by atoms with Crippen LogP contribution in [0.25, 0.3) is 0 Å². The first-order valence-electron chi connectivity index (χ1n) is 9.68. The lowest BCUT2D eigenvalue weighted by atomic mass is 10.2. The Bertz CT molecular complexity index is 1000. The number of rotatable bonds is 9. The lowest BCUT2D eigenvalue weighted by Gasteiger charge is -2.09. The molecule has 0 atom stereocenters. The zero-order valence-corrected chi connectivity index (χ0v) is 17.4.